The summed E-state index contributed by atoms with van der Waals surface area (Å²) < 4.78 is 11.7. The number of hydrogen-bond donors (Lipinski definition) is 0. The van der Waals surface area contributed by atoms with Crippen molar-refractivity contribution >= 4 is 5.91 Å². The monoisotopic (exact) mass is 367 g/mol. The summed E-state index contributed by atoms with van der Waals surface area (Å²) >= 11 is 0. The highest BCUT2D eigenvalue weighted by atomic mass is 16.5. The highest BCUT2D eigenvalue weighted by Gasteiger charge is 2.22. The number of ether oxygens (including phenoxy) is 2. The van der Waals surface area contributed by atoms with Crippen LogP contribution in [-0.2, 0) is 6.61 Å². The third-order valence-corrected chi connectivity index (χ3v) is 5.09. The van der Waals surface area contributed by atoms with Crippen LogP contribution < -0.4 is 9.47 Å². The number of amides is 1. The summed E-state index contributed by atoms with van der Waals surface area (Å²) in [7, 11) is 0. The SMILES string of the molecule is CCOc1ccc(C(=O)N2CCC(C)CC2)cc1COc1ccc(C)cc1. The van der Waals surface area contributed by atoms with Crippen LogP contribution in [0.15, 0.2) is 42.5 Å². The molecule has 1 amide bonds. The summed E-state index contributed by atoms with van der Waals surface area (Å²) in [6.45, 7) is 8.88. The van der Waals surface area contributed by atoms with E-state index in [9.17, 15) is 4.79 Å². The van der Waals surface area contributed by atoms with Crippen LogP contribution in [0.4, 0.5) is 0 Å². The maximum absolute atomic E-state index is 12.9. The molecule has 144 valence electrons. The molecule has 0 N–H and O–H groups in total. The molecule has 0 aliphatic carbocycles. The number of carbonyl (C=O) groups is 1. The van der Waals surface area contributed by atoms with Gasteiger partial charge >= 0.3 is 0 Å². The Morgan fingerprint density at radius 1 is 1.07 bits per heavy atom. The van der Waals surface area contributed by atoms with Crippen LogP contribution in [0.2, 0.25) is 0 Å². The Hall–Kier alpha value is -2.49. The summed E-state index contributed by atoms with van der Waals surface area (Å²) in [5.41, 5.74) is 2.80. The van der Waals surface area contributed by atoms with Gasteiger partial charge in [-0.15, -0.1) is 0 Å². The molecule has 4 nitrogen and oxygen atoms in total. The average molecular weight is 367 g/mol. The van der Waals surface area contributed by atoms with E-state index in [1.807, 2.05) is 61.2 Å². The van der Waals surface area contributed by atoms with Crippen molar-refractivity contribution in [1.29, 1.82) is 0 Å². The second-order valence-corrected chi connectivity index (χ2v) is 7.33. The van der Waals surface area contributed by atoms with Crippen LogP contribution in [0.25, 0.3) is 0 Å². The van der Waals surface area contributed by atoms with Crippen LogP contribution in [-0.4, -0.2) is 30.5 Å². The van der Waals surface area contributed by atoms with Crippen molar-refractivity contribution in [2.75, 3.05) is 19.7 Å². The van der Waals surface area contributed by atoms with E-state index < -0.39 is 0 Å². The first-order chi connectivity index (χ1) is 13.1. The smallest absolute Gasteiger partial charge is 0.253 e. The lowest BCUT2D eigenvalue weighted by Crippen LogP contribution is -2.37. The molecule has 0 atom stereocenters. The van der Waals surface area contributed by atoms with Crippen molar-refractivity contribution < 1.29 is 14.3 Å². The molecule has 3 rings (SSSR count). The van der Waals surface area contributed by atoms with Crippen molar-refractivity contribution in [2.24, 2.45) is 5.92 Å². The Kier molecular flexibility index (Phi) is 6.38. The number of hydrogen-bond acceptors (Lipinski definition) is 3. The Balaban J connectivity index is 1.75. The first-order valence-corrected chi connectivity index (χ1v) is 9.81. The van der Waals surface area contributed by atoms with Gasteiger partial charge in [-0.3, -0.25) is 4.79 Å². The Labute approximate surface area is 162 Å². The zero-order chi connectivity index (χ0) is 19.2. The minimum atomic E-state index is 0.0986. The number of benzene rings is 2. The van der Waals surface area contributed by atoms with Crippen molar-refractivity contribution in [3.8, 4) is 11.5 Å². The number of likely N-dealkylation sites (tertiary alicyclic amines) is 1. The maximum atomic E-state index is 12.9. The molecule has 0 bridgehead atoms. The fourth-order valence-corrected chi connectivity index (χ4v) is 3.31. The van der Waals surface area contributed by atoms with Crippen molar-refractivity contribution in [3.05, 3.63) is 59.2 Å². The second-order valence-electron chi connectivity index (χ2n) is 7.33. The van der Waals surface area contributed by atoms with Gasteiger partial charge in [0.1, 0.15) is 18.1 Å². The summed E-state index contributed by atoms with van der Waals surface area (Å²) in [4.78, 5) is 14.8. The minimum Gasteiger partial charge on any atom is -0.493 e. The molecule has 0 spiro atoms. The Morgan fingerprint density at radius 2 is 1.78 bits per heavy atom. The molecular formula is C23H29NO3. The van der Waals surface area contributed by atoms with E-state index in [4.69, 9.17) is 9.47 Å². The lowest BCUT2D eigenvalue weighted by atomic mass is 9.98. The molecule has 1 aliphatic heterocycles. The molecular weight excluding hydrogens is 338 g/mol. The number of carbonyl (C=O) groups excluding carboxylic acids is 1. The standard InChI is InChI=1S/C23H29NO3/c1-4-26-22-10-7-19(23(25)24-13-11-18(3)12-14-24)15-20(22)16-27-21-8-5-17(2)6-9-21/h5-10,15,18H,4,11-14,16H2,1-3H3. The number of rotatable bonds is 6. The fourth-order valence-electron chi connectivity index (χ4n) is 3.31. The van der Waals surface area contributed by atoms with E-state index in [0.29, 0.717) is 24.7 Å². The molecule has 0 saturated carbocycles. The maximum Gasteiger partial charge on any atom is 0.253 e. The molecule has 1 fully saturated rings. The summed E-state index contributed by atoms with van der Waals surface area (Å²) in [5, 5.41) is 0. The Morgan fingerprint density at radius 3 is 2.44 bits per heavy atom. The third-order valence-electron chi connectivity index (χ3n) is 5.09. The summed E-state index contributed by atoms with van der Waals surface area (Å²) in [6, 6.07) is 13.6. The molecule has 0 radical (unpaired) electrons. The molecule has 4 heteroatoms. The number of aryl methyl sites for hydroxylation is 1. The zero-order valence-electron chi connectivity index (χ0n) is 16.5. The molecule has 2 aromatic rings. The van der Waals surface area contributed by atoms with E-state index >= 15 is 0 Å². The first-order valence-electron chi connectivity index (χ1n) is 9.81. The van der Waals surface area contributed by atoms with Crippen molar-refractivity contribution in [1.82, 2.24) is 4.90 Å². The lowest BCUT2D eigenvalue weighted by Gasteiger charge is -2.30. The van der Waals surface area contributed by atoms with E-state index in [2.05, 4.69) is 6.92 Å². The van der Waals surface area contributed by atoms with Gasteiger partial charge in [-0.1, -0.05) is 24.6 Å². The topological polar surface area (TPSA) is 38.8 Å². The quantitative estimate of drug-likeness (QED) is 0.733. The molecule has 0 aromatic heterocycles. The van der Waals surface area contributed by atoms with Crippen LogP contribution in [0.3, 0.4) is 0 Å². The normalized spacial score (nSPS) is 14.9. The largest absolute Gasteiger partial charge is 0.493 e. The van der Waals surface area contributed by atoms with E-state index in [0.717, 1.165) is 43.0 Å². The highest BCUT2D eigenvalue weighted by Crippen LogP contribution is 2.25. The van der Waals surface area contributed by atoms with Crippen molar-refractivity contribution in [2.45, 2.75) is 40.2 Å². The van der Waals surface area contributed by atoms with Gasteiger partial charge < -0.3 is 14.4 Å². The fraction of sp³-hybridized carbons (Fsp3) is 0.435. The Bertz CT molecular complexity index is 762. The molecule has 0 unspecified atom stereocenters. The van der Waals surface area contributed by atoms with Gasteiger partial charge in [-0.05, 0) is 62.9 Å². The van der Waals surface area contributed by atoms with Gasteiger partial charge in [-0.2, -0.15) is 0 Å². The minimum absolute atomic E-state index is 0.0986. The van der Waals surface area contributed by atoms with E-state index in [1.54, 1.807) is 0 Å². The van der Waals surface area contributed by atoms with E-state index in [-0.39, 0.29) is 5.91 Å². The molecule has 2 aromatic carbocycles. The van der Waals surface area contributed by atoms with Crippen molar-refractivity contribution in [3.63, 3.8) is 0 Å². The predicted molar refractivity (Wildman–Crippen MR) is 107 cm³/mol. The van der Waals surface area contributed by atoms with Gasteiger partial charge in [0.25, 0.3) is 5.91 Å². The van der Waals surface area contributed by atoms with Gasteiger partial charge in [-0.25, -0.2) is 0 Å². The number of nitrogens with zero attached hydrogens (tertiary/aromatic N) is 1. The van der Waals surface area contributed by atoms with Crippen LogP contribution in [0.1, 0.15) is 48.2 Å². The first kappa shape index (κ1) is 19.3. The number of piperidine rings is 1. The second kappa shape index (κ2) is 8.94. The predicted octanol–water partition coefficient (Wildman–Crippen LogP) is 4.84. The molecule has 1 saturated heterocycles. The lowest BCUT2D eigenvalue weighted by molar-refractivity contribution is 0.0697. The van der Waals surface area contributed by atoms with Gasteiger partial charge in [0.2, 0.25) is 0 Å². The molecule has 27 heavy (non-hydrogen) atoms. The highest BCUT2D eigenvalue weighted by molar-refractivity contribution is 5.94. The van der Waals surface area contributed by atoms with Gasteiger partial charge in [0.15, 0.2) is 0 Å². The summed E-state index contributed by atoms with van der Waals surface area (Å²) in [6.07, 6.45) is 2.15. The molecule has 1 heterocycles. The van der Waals surface area contributed by atoms with Crippen LogP contribution in [0, 0.1) is 12.8 Å². The summed E-state index contributed by atoms with van der Waals surface area (Å²) in [5.74, 6) is 2.38. The average Bonchev–Trinajstić information content (AvgIpc) is 2.68. The van der Waals surface area contributed by atoms with Crippen LogP contribution in [0.5, 0.6) is 11.5 Å². The van der Waals surface area contributed by atoms with Gasteiger partial charge in [0.05, 0.1) is 6.61 Å². The van der Waals surface area contributed by atoms with E-state index in [1.165, 1.54) is 5.56 Å². The van der Waals surface area contributed by atoms with Gasteiger partial charge in [0, 0.05) is 24.2 Å². The molecule has 1 aliphatic rings. The van der Waals surface area contributed by atoms with Crippen LogP contribution >= 0.6 is 0 Å². The zero-order valence-corrected chi connectivity index (χ0v) is 16.5. The third kappa shape index (κ3) is 5.03.